The number of methoxy groups -OCH3 is 2. The predicted molar refractivity (Wildman–Crippen MR) is 262 cm³/mol. The Balaban J connectivity index is 1.41. The van der Waals surface area contributed by atoms with Crippen molar-refractivity contribution < 1.29 is 99.9 Å². The summed E-state index contributed by atoms with van der Waals surface area (Å²) in [6, 6.07) is 3.50. The van der Waals surface area contributed by atoms with Crippen LogP contribution < -0.4 is 9.47 Å². The Kier molecular flexibility index (Phi) is 19.3. The summed E-state index contributed by atoms with van der Waals surface area (Å²) in [5, 5.41) is 0. The van der Waals surface area contributed by atoms with Crippen LogP contribution in [-0.2, 0) is 102 Å². The molecule has 4 heterocycles. The molecule has 0 N–H and O–H groups in total. The average molecular weight is 1070 g/mol. The number of carbonyl (C=O) groups excluding carboxylic acids is 8. The van der Waals surface area contributed by atoms with Crippen molar-refractivity contribution in [2.45, 2.75) is 182 Å². The van der Waals surface area contributed by atoms with E-state index in [-0.39, 0.29) is 17.9 Å². The second-order valence-electron chi connectivity index (χ2n) is 21.7. The quantitative estimate of drug-likeness (QED) is 0.112. The van der Waals surface area contributed by atoms with Crippen LogP contribution in [-0.4, -0.2) is 154 Å². The Labute approximate surface area is 443 Å². The summed E-state index contributed by atoms with van der Waals surface area (Å²) >= 11 is 0. The van der Waals surface area contributed by atoms with Crippen molar-refractivity contribution >= 4 is 47.8 Å². The predicted octanol–water partition coefficient (Wildman–Crippen LogP) is 4.45. The van der Waals surface area contributed by atoms with E-state index in [0.29, 0.717) is 19.5 Å². The van der Waals surface area contributed by atoms with Crippen molar-refractivity contribution in [3.63, 3.8) is 0 Å². The van der Waals surface area contributed by atoms with Gasteiger partial charge in [0.15, 0.2) is 54.2 Å². The number of nitrogens with zero attached hydrogens (tertiary/aromatic N) is 1. The van der Waals surface area contributed by atoms with Gasteiger partial charge in [0.1, 0.15) is 6.10 Å². The molecule has 4 aliphatic heterocycles. The van der Waals surface area contributed by atoms with Gasteiger partial charge in [-0.15, -0.1) is 0 Å². The molecule has 1 spiro atoms. The van der Waals surface area contributed by atoms with Crippen molar-refractivity contribution in [1.82, 2.24) is 4.90 Å². The first-order chi connectivity index (χ1) is 35.7. The molecule has 5 aliphatic rings. The van der Waals surface area contributed by atoms with Crippen molar-refractivity contribution in [1.29, 1.82) is 0 Å². The van der Waals surface area contributed by atoms with Gasteiger partial charge in [-0.25, -0.2) is 9.59 Å². The third-order valence-corrected chi connectivity index (χ3v) is 13.7. The molecule has 0 amide bonds. The molecule has 22 heteroatoms. The monoisotopic (exact) mass is 1070 g/mol. The standard InChI is InChI=1S/C54H75NO21/c1-24(2)44(56)69-36-38(71-46(58)26(5)6)42(73-48(60)28(9)10)52(75-40(36)50(62)64-14)66-31-18-19-54-20-21-55(13)23-30-16-17-32(35(34(30)54)68-33(54)22-31)67-53-43(74-49(61)29(11)12)39(72-47(59)27(7)8)37(70-45(57)25(3)4)41(76-53)51(63)65-15/h16-19,24-29,31,33,36-43,52-53H,20-23H2,1-15H3/t31-,33-,36-,37-,38-,39-,40-,41-,42+,43+,52+,53+,54-/m0/s1. The highest BCUT2D eigenvalue weighted by atomic mass is 16.8. The third-order valence-electron chi connectivity index (χ3n) is 13.7. The van der Waals surface area contributed by atoms with Gasteiger partial charge < -0.3 is 66.5 Å². The van der Waals surface area contributed by atoms with Gasteiger partial charge in [0, 0.05) is 18.5 Å². The van der Waals surface area contributed by atoms with E-state index >= 15 is 0 Å². The molecule has 1 aliphatic carbocycles. The molecule has 1 aromatic rings. The van der Waals surface area contributed by atoms with Crippen LogP contribution in [0.2, 0.25) is 0 Å². The number of carbonyl (C=O) groups is 8. The van der Waals surface area contributed by atoms with Crippen molar-refractivity contribution in [2.24, 2.45) is 35.5 Å². The molecule has 0 saturated carbocycles. The summed E-state index contributed by atoms with van der Waals surface area (Å²) in [5.41, 5.74) is 0.810. The number of hydrogen-bond donors (Lipinski definition) is 0. The minimum absolute atomic E-state index is 0.0858. The molecule has 6 rings (SSSR count). The van der Waals surface area contributed by atoms with E-state index in [1.54, 1.807) is 95.2 Å². The topological polar surface area (TPSA) is 260 Å². The molecule has 13 atom stereocenters. The van der Waals surface area contributed by atoms with Crippen LogP contribution in [0.3, 0.4) is 0 Å². The Morgan fingerprint density at radius 3 is 1.41 bits per heavy atom. The molecule has 0 radical (unpaired) electrons. The lowest BCUT2D eigenvalue weighted by Gasteiger charge is -2.45. The summed E-state index contributed by atoms with van der Waals surface area (Å²) in [5.74, 6) is -10.3. The fraction of sp³-hybridized carbons (Fsp3) is 0.704. The van der Waals surface area contributed by atoms with Crippen LogP contribution >= 0.6 is 0 Å². The van der Waals surface area contributed by atoms with Crippen LogP contribution in [0.1, 0.15) is 107 Å². The van der Waals surface area contributed by atoms with E-state index in [4.69, 9.17) is 61.6 Å². The van der Waals surface area contributed by atoms with E-state index < -0.39 is 162 Å². The number of benzene rings is 1. The SMILES string of the molecule is COC(=O)[C@H]1O[C@@H](Oc2ccc3c4c2O[C@H]2C[C@@H](O[C@@H]5O[C@H](C(=O)OC)[C@@H](OC(=O)C(C)C)[C@H](OC(=O)C(C)C)[C@H]5OC(=O)C(C)C)C=C[C@@]42CCN(C)C3)[C@H](OC(=O)C(C)C)[C@@H](OC(=O)C(C)C)[C@@H]1OC(=O)C(C)C. The lowest BCUT2D eigenvalue weighted by atomic mass is 9.69. The first-order valence-corrected chi connectivity index (χ1v) is 26.0. The molecule has 0 aromatic heterocycles. The van der Waals surface area contributed by atoms with Crippen LogP contribution in [0.15, 0.2) is 24.3 Å². The lowest BCUT2D eigenvalue weighted by Crippen LogP contribution is -2.65. The van der Waals surface area contributed by atoms with Gasteiger partial charge in [0.2, 0.25) is 18.7 Å². The molecular formula is C54H75NO21. The molecule has 76 heavy (non-hydrogen) atoms. The highest BCUT2D eigenvalue weighted by Crippen LogP contribution is 2.56. The number of hydrogen-bond acceptors (Lipinski definition) is 22. The number of ether oxygens (including phenoxy) is 13. The smallest absolute Gasteiger partial charge is 0.339 e. The third kappa shape index (κ3) is 12.8. The lowest BCUT2D eigenvalue weighted by molar-refractivity contribution is -0.310. The number of rotatable bonds is 18. The van der Waals surface area contributed by atoms with E-state index in [9.17, 15) is 38.4 Å². The summed E-state index contributed by atoms with van der Waals surface area (Å²) in [6.07, 6.45) is -13.7. The second kappa shape index (κ2) is 24.7. The van der Waals surface area contributed by atoms with E-state index in [1.165, 1.54) is 0 Å². The molecule has 0 unspecified atom stereocenters. The molecule has 22 nitrogen and oxygen atoms in total. The zero-order valence-electron chi connectivity index (χ0n) is 46.1. The minimum Gasteiger partial charge on any atom is -0.485 e. The second-order valence-corrected chi connectivity index (χ2v) is 21.7. The number of esters is 8. The average Bonchev–Trinajstić information content (AvgIpc) is 3.63. The highest BCUT2D eigenvalue weighted by Gasteiger charge is 2.60. The Morgan fingerprint density at radius 1 is 0.566 bits per heavy atom. The Hall–Kier alpha value is -5.84. The largest absolute Gasteiger partial charge is 0.485 e. The van der Waals surface area contributed by atoms with Crippen LogP contribution in [0, 0.1) is 35.5 Å². The van der Waals surface area contributed by atoms with E-state index in [0.717, 1.165) is 25.3 Å². The zero-order chi connectivity index (χ0) is 56.2. The highest BCUT2D eigenvalue weighted by molar-refractivity contribution is 5.80. The molecule has 422 valence electrons. The summed E-state index contributed by atoms with van der Waals surface area (Å²) in [6.45, 7) is 20.1. The zero-order valence-corrected chi connectivity index (χ0v) is 46.1. The fourth-order valence-corrected chi connectivity index (χ4v) is 9.23. The summed E-state index contributed by atoms with van der Waals surface area (Å²) in [7, 11) is 4.18. The van der Waals surface area contributed by atoms with Crippen LogP contribution in [0.4, 0.5) is 0 Å². The van der Waals surface area contributed by atoms with Crippen LogP contribution in [0.25, 0.3) is 0 Å². The van der Waals surface area contributed by atoms with Crippen molar-refractivity contribution in [2.75, 3.05) is 27.8 Å². The van der Waals surface area contributed by atoms with Gasteiger partial charge in [0.05, 0.1) is 61.2 Å². The van der Waals surface area contributed by atoms with E-state index in [2.05, 4.69) is 4.90 Å². The van der Waals surface area contributed by atoms with Crippen molar-refractivity contribution in [3.05, 3.63) is 35.4 Å². The molecule has 2 fully saturated rings. The maximum Gasteiger partial charge on any atom is 0.339 e. The summed E-state index contributed by atoms with van der Waals surface area (Å²) in [4.78, 5) is 110. The van der Waals surface area contributed by atoms with Crippen molar-refractivity contribution in [3.8, 4) is 11.5 Å². The Bertz CT molecular complexity index is 2360. The maximum atomic E-state index is 13.6. The first-order valence-electron chi connectivity index (χ1n) is 26.0. The molecule has 0 bridgehead atoms. The first kappa shape index (κ1) is 59.4. The Morgan fingerprint density at radius 2 is 0.974 bits per heavy atom. The molecular weight excluding hydrogens is 999 g/mol. The van der Waals surface area contributed by atoms with Gasteiger partial charge in [-0.3, -0.25) is 28.8 Å². The normalized spacial score (nSPS) is 29.9. The van der Waals surface area contributed by atoms with Gasteiger partial charge in [-0.05, 0) is 31.6 Å². The fourth-order valence-electron chi connectivity index (χ4n) is 9.23. The van der Waals surface area contributed by atoms with E-state index in [1.807, 2.05) is 19.2 Å². The van der Waals surface area contributed by atoms with Gasteiger partial charge in [-0.2, -0.15) is 0 Å². The molecule has 2 saturated heterocycles. The minimum atomic E-state index is -1.74. The van der Waals surface area contributed by atoms with Gasteiger partial charge in [0.25, 0.3) is 0 Å². The molecule has 1 aromatic carbocycles. The summed E-state index contributed by atoms with van der Waals surface area (Å²) < 4.78 is 78.6. The maximum absolute atomic E-state index is 13.6. The van der Waals surface area contributed by atoms with Gasteiger partial charge >= 0.3 is 47.8 Å². The van der Waals surface area contributed by atoms with Gasteiger partial charge in [-0.1, -0.05) is 101 Å². The van der Waals surface area contributed by atoms with Crippen LogP contribution in [0.5, 0.6) is 11.5 Å².